The Balaban J connectivity index is 0.000000500. The zero-order valence-electron chi connectivity index (χ0n) is 23.0. The molecule has 2 saturated heterocycles. The molecular formula is C29H31BrF2N6O2S. The van der Waals surface area contributed by atoms with Crippen LogP contribution in [0.2, 0.25) is 0 Å². The summed E-state index contributed by atoms with van der Waals surface area (Å²) in [4.78, 5) is 13.5. The van der Waals surface area contributed by atoms with Crippen molar-refractivity contribution < 1.29 is 18.3 Å². The molecule has 6 rings (SSSR count). The number of fused-ring (bicyclic) bond motifs is 2. The molecule has 1 aromatic heterocycles. The number of ether oxygens (including phenoxy) is 2. The van der Waals surface area contributed by atoms with Crippen LogP contribution < -0.4 is 15.4 Å². The number of nitrogens with two attached hydrogens (primary N) is 1. The van der Waals surface area contributed by atoms with E-state index < -0.39 is 11.6 Å². The first-order chi connectivity index (χ1) is 19.8. The van der Waals surface area contributed by atoms with Gasteiger partial charge >= 0.3 is 6.01 Å². The van der Waals surface area contributed by atoms with Crippen molar-refractivity contribution >= 4 is 50.0 Å². The molecule has 0 radical (unpaired) electrons. The highest BCUT2D eigenvalue weighted by atomic mass is 79.9. The van der Waals surface area contributed by atoms with Gasteiger partial charge in [0, 0.05) is 52.1 Å². The number of aromatic nitrogens is 2. The van der Waals surface area contributed by atoms with Crippen LogP contribution in [0.15, 0.2) is 33.3 Å². The maximum absolute atomic E-state index is 16.3. The standard InChI is InChI=1S/C24H20BrF2N5O2S.C5H11N/c1-33-24-30-21-13(23(31-24)32-5-2-7-34-8-6-32)9-15(25)19(20(21)27)12-3-4-16(26)22-18(12)14(10-28)17(29)11-35-22;1-6-4-2-3-5-6/h3-4,9H,2,5-8,11,29H2,1H3;2-5H2,1H3. The fraction of sp³-hybridized carbons (Fsp3) is 0.414. The van der Waals surface area contributed by atoms with Crippen molar-refractivity contribution in [2.24, 2.45) is 5.73 Å². The summed E-state index contributed by atoms with van der Waals surface area (Å²) < 4.78 is 42.3. The van der Waals surface area contributed by atoms with Gasteiger partial charge in [-0.05, 0) is 57.1 Å². The smallest absolute Gasteiger partial charge is 0.318 e. The quantitative estimate of drug-likeness (QED) is 0.391. The second-order valence-corrected chi connectivity index (χ2v) is 11.9. The van der Waals surface area contributed by atoms with E-state index in [0.29, 0.717) is 53.2 Å². The summed E-state index contributed by atoms with van der Waals surface area (Å²) in [6.07, 6.45) is 3.63. The van der Waals surface area contributed by atoms with Crippen LogP contribution in [0.5, 0.6) is 6.01 Å². The number of likely N-dealkylation sites (tertiary alicyclic amines) is 1. The third-order valence-electron chi connectivity index (χ3n) is 7.31. The second-order valence-electron chi connectivity index (χ2n) is 10.0. The molecule has 0 bridgehead atoms. The molecule has 3 aromatic rings. The monoisotopic (exact) mass is 644 g/mol. The van der Waals surface area contributed by atoms with E-state index in [9.17, 15) is 9.65 Å². The highest BCUT2D eigenvalue weighted by Gasteiger charge is 2.29. The van der Waals surface area contributed by atoms with Gasteiger partial charge in [0.15, 0.2) is 5.82 Å². The zero-order valence-corrected chi connectivity index (χ0v) is 25.4. The van der Waals surface area contributed by atoms with Crippen LogP contribution in [0, 0.1) is 23.0 Å². The number of methoxy groups -OCH3 is 1. The molecule has 0 amide bonds. The summed E-state index contributed by atoms with van der Waals surface area (Å²) in [5, 5.41) is 10.3. The van der Waals surface area contributed by atoms with E-state index in [1.807, 2.05) is 4.90 Å². The van der Waals surface area contributed by atoms with Gasteiger partial charge in [0.2, 0.25) is 0 Å². The maximum atomic E-state index is 16.3. The van der Waals surface area contributed by atoms with Crippen molar-refractivity contribution in [3.05, 3.63) is 45.6 Å². The Kier molecular flexibility index (Phi) is 9.28. The summed E-state index contributed by atoms with van der Waals surface area (Å²) >= 11 is 4.70. The molecule has 3 aliphatic heterocycles. The molecule has 2 aromatic carbocycles. The Morgan fingerprint density at radius 2 is 1.88 bits per heavy atom. The van der Waals surface area contributed by atoms with Crippen molar-refractivity contribution in [2.75, 3.05) is 64.2 Å². The lowest BCUT2D eigenvalue weighted by Gasteiger charge is -2.24. The van der Waals surface area contributed by atoms with Gasteiger partial charge in [-0.15, -0.1) is 11.8 Å². The Bertz CT molecular complexity index is 1530. The molecule has 4 heterocycles. The average molecular weight is 646 g/mol. The lowest BCUT2D eigenvalue weighted by Crippen LogP contribution is -2.27. The number of halogens is 3. The molecular weight excluding hydrogens is 614 g/mol. The van der Waals surface area contributed by atoms with Gasteiger partial charge in [-0.25, -0.2) is 8.78 Å². The molecule has 0 spiro atoms. The predicted molar refractivity (Wildman–Crippen MR) is 161 cm³/mol. The first-order valence-corrected chi connectivity index (χ1v) is 15.2. The molecule has 0 saturated carbocycles. The number of allylic oxidation sites excluding steroid dienone is 1. The van der Waals surface area contributed by atoms with Crippen LogP contribution in [0.3, 0.4) is 0 Å². The van der Waals surface area contributed by atoms with Crippen LogP contribution in [0.25, 0.3) is 27.6 Å². The minimum Gasteiger partial charge on any atom is -0.467 e. The third-order valence-corrected chi connectivity index (χ3v) is 9.08. The van der Waals surface area contributed by atoms with E-state index in [1.165, 1.54) is 56.9 Å². The van der Waals surface area contributed by atoms with Crippen molar-refractivity contribution in [2.45, 2.75) is 24.2 Å². The molecule has 41 heavy (non-hydrogen) atoms. The first-order valence-electron chi connectivity index (χ1n) is 13.4. The van der Waals surface area contributed by atoms with E-state index in [4.69, 9.17) is 15.2 Å². The summed E-state index contributed by atoms with van der Waals surface area (Å²) in [5.74, 6) is -0.295. The van der Waals surface area contributed by atoms with Crippen molar-refractivity contribution in [1.29, 1.82) is 5.26 Å². The maximum Gasteiger partial charge on any atom is 0.318 e. The molecule has 3 aliphatic rings. The van der Waals surface area contributed by atoms with E-state index in [-0.39, 0.29) is 38.9 Å². The van der Waals surface area contributed by atoms with Gasteiger partial charge in [-0.3, -0.25) is 0 Å². The summed E-state index contributed by atoms with van der Waals surface area (Å²) in [6.45, 7) is 5.09. The molecule has 0 unspecified atom stereocenters. The van der Waals surface area contributed by atoms with Gasteiger partial charge in [0.05, 0.1) is 24.2 Å². The largest absolute Gasteiger partial charge is 0.467 e. The zero-order chi connectivity index (χ0) is 29.1. The van der Waals surface area contributed by atoms with Gasteiger partial charge in [-0.1, -0.05) is 22.0 Å². The van der Waals surface area contributed by atoms with E-state index in [1.54, 1.807) is 6.07 Å². The van der Waals surface area contributed by atoms with E-state index in [0.717, 1.165) is 6.42 Å². The lowest BCUT2D eigenvalue weighted by atomic mass is 9.92. The number of hydrogen-bond donors (Lipinski definition) is 1. The van der Waals surface area contributed by atoms with Crippen molar-refractivity contribution in [1.82, 2.24) is 14.9 Å². The normalized spacial score (nSPS) is 17.5. The Morgan fingerprint density at radius 1 is 1.10 bits per heavy atom. The molecule has 2 N–H and O–H groups in total. The Hall–Kier alpha value is -2.98. The van der Waals surface area contributed by atoms with Gasteiger partial charge in [0.1, 0.15) is 23.2 Å². The summed E-state index contributed by atoms with van der Waals surface area (Å²) in [7, 11) is 3.60. The SMILES string of the molecule is CN1CCCC1.COc1nc(N2CCCOCC2)c2cc(Br)c(-c3ccc(F)c4c3C(C#N)=C(N)CS4)c(F)c2n1. The average Bonchev–Trinajstić information content (AvgIpc) is 3.29. The fourth-order valence-corrected chi connectivity index (χ4v) is 6.86. The number of nitriles is 1. The number of rotatable bonds is 3. The van der Waals surface area contributed by atoms with E-state index >= 15 is 4.39 Å². The lowest BCUT2D eigenvalue weighted by molar-refractivity contribution is 0.152. The van der Waals surface area contributed by atoms with Crippen LogP contribution in [-0.2, 0) is 4.74 Å². The highest BCUT2D eigenvalue weighted by molar-refractivity contribution is 9.10. The minimum absolute atomic E-state index is 0.0309. The Morgan fingerprint density at radius 3 is 2.56 bits per heavy atom. The van der Waals surface area contributed by atoms with Crippen molar-refractivity contribution in [3.8, 4) is 23.2 Å². The summed E-state index contributed by atoms with van der Waals surface area (Å²) in [6, 6.07) is 6.59. The molecule has 0 atom stereocenters. The van der Waals surface area contributed by atoms with Crippen molar-refractivity contribution in [3.63, 3.8) is 0 Å². The third kappa shape index (κ3) is 6.00. The number of benzene rings is 2. The number of thioether (sulfide) groups is 1. The molecule has 8 nitrogen and oxygen atoms in total. The van der Waals surface area contributed by atoms with Crippen LogP contribution in [0.1, 0.15) is 24.8 Å². The van der Waals surface area contributed by atoms with Crippen LogP contribution in [0.4, 0.5) is 14.6 Å². The number of anilines is 1. The second kappa shape index (κ2) is 12.9. The van der Waals surface area contributed by atoms with Crippen LogP contribution >= 0.6 is 27.7 Å². The Labute approximate surface area is 250 Å². The van der Waals surface area contributed by atoms with Gasteiger partial charge in [0.25, 0.3) is 0 Å². The molecule has 216 valence electrons. The highest BCUT2D eigenvalue weighted by Crippen LogP contribution is 2.46. The topological polar surface area (TPSA) is 101 Å². The summed E-state index contributed by atoms with van der Waals surface area (Å²) in [5.41, 5.74) is 7.39. The number of hydrogen-bond acceptors (Lipinski definition) is 9. The minimum atomic E-state index is -0.636. The fourth-order valence-electron chi connectivity index (χ4n) is 5.24. The first kappa shape index (κ1) is 29.5. The predicted octanol–water partition coefficient (Wildman–Crippen LogP) is 5.58. The van der Waals surface area contributed by atoms with Gasteiger partial charge in [-0.2, -0.15) is 15.2 Å². The van der Waals surface area contributed by atoms with E-state index in [2.05, 4.69) is 43.9 Å². The molecule has 0 aliphatic carbocycles. The number of nitrogens with zero attached hydrogens (tertiary/aromatic N) is 5. The van der Waals surface area contributed by atoms with Gasteiger partial charge < -0.3 is 25.0 Å². The molecule has 2 fully saturated rings. The van der Waals surface area contributed by atoms with Crippen LogP contribution in [-0.4, -0.2) is 74.2 Å². The molecule has 12 heteroatoms.